The molecule has 2 aliphatic rings. The molecular weight excluding hydrogens is 364 g/mol. The summed E-state index contributed by atoms with van der Waals surface area (Å²) in [6.07, 6.45) is 1.32. The lowest BCUT2D eigenvalue weighted by Crippen LogP contribution is -2.71. The minimum Gasteiger partial charge on any atom is -0.367 e. The lowest BCUT2D eigenvalue weighted by atomic mass is 9.67. The molecule has 1 fully saturated rings. The fourth-order valence-corrected chi connectivity index (χ4v) is 4.57. The van der Waals surface area contributed by atoms with Crippen LogP contribution in [0.2, 0.25) is 0 Å². The third kappa shape index (κ3) is 2.56. The Labute approximate surface area is 163 Å². The largest absolute Gasteiger partial charge is 0.367 e. The second kappa shape index (κ2) is 6.88. The Kier molecular flexibility index (Phi) is 4.86. The van der Waals surface area contributed by atoms with E-state index in [-0.39, 0.29) is 12.1 Å². The maximum absolute atomic E-state index is 13.3. The molecule has 1 saturated heterocycles. The van der Waals surface area contributed by atoms with Crippen LogP contribution >= 0.6 is 0 Å². The smallest absolute Gasteiger partial charge is 0.332 e. The number of imide groups is 2. The number of nitro groups is 1. The predicted octanol–water partition coefficient (Wildman–Crippen LogP) is 2.18. The van der Waals surface area contributed by atoms with E-state index < -0.39 is 34.2 Å². The van der Waals surface area contributed by atoms with E-state index in [1.807, 2.05) is 18.7 Å². The van der Waals surface area contributed by atoms with Gasteiger partial charge in [-0.3, -0.25) is 29.5 Å². The number of barbiturate groups is 1. The van der Waals surface area contributed by atoms with Crippen molar-refractivity contribution >= 4 is 29.2 Å². The Morgan fingerprint density at radius 1 is 1.14 bits per heavy atom. The molecule has 1 atom stereocenters. The Morgan fingerprint density at radius 2 is 1.75 bits per heavy atom. The number of fused-ring (bicyclic) bond motifs is 1. The maximum atomic E-state index is 13.3. The first-order valence-electron chi connectivity index (χ1n) is 9.34. The molecule has 1 aromatic carbocycles. The Morgan fingerprint density at radius 3 is 2.25 bits per heavy atom. The number of hydrogen-bond acceptors (Lipinski definition) is 6. The van der Waals surface area contributed by atoms with Gasteiger partial charge in [0.25, 0.3) is 5.69 Å². The number of anilines is 1. The zero-order valence-electron chi connectivity index (χ0n) is 16.5. The molecule has 0 bridgehead atoms. The van der Waals surface area contributed by atoms with Gasteiger partial charge in [0, 0.05) is 44.9 Å². The first kappa shape index (κ1) is 19.8. The fraction of sp³-hybridized carbons (Fsp3) is 0.526. The van der Waals surface area contributed by atoms with Crippen LogP contribution in [0.1, 0.15) is 32.3 Å². The quantitative estimate of drug-likeness (QED) is 0.445. The van der Waals surface area contributed by atoms with Gasteiger partial charge < -0.3 is 4.90 Å². The summed E-state index contributed by atoms with van der Waals surface area (Å²) < 4.78 is 0. The van der Waals surface area contributed by atoms with Crippen molar-refractivity contribution in [2.75, 3.05) is 25.5 Å². The summed E-state index contributed by atoms with van der Waals surface area (Å²) in [5.41, 5.74) is -0.199. The van der Waals surface area contributed by atoms with Gasteiger partial charge in [0.15, 0.2) is 5.41 Å². The summed E-state index contributed by atoms with van der Waals surface area (Å²) in [6, 6.07) is 3.46. The molecule has 0 aromatic heterocycles. The minimum absolute atomic E-state index is 0.0301. The molecule has 0 N–H and O–H groups in total. The summed E-state index contributed by atoms with van der Waals surface area (Å²) in [6.45, 7) is 4.49. The van der Waals surface area contributed by atoms with E-state index in [0.717, 1.165) is 21.9 Å². The highest BCUT2D eigenvalue weighted by Gasteiger charge is 2.62. The number of rotatable bonds is 4. The van der Waals surface area contributed by atoms with Gasteiger partial charge in [-0.25, -0.2) is 4.79 Å². The van der Waals surface area contributed by atoms with Crippen LogP contribution in [0.15, 0.2) is 18.2 Å². The molecule has 3 rings (SSSR count). The van der Waals surface area contributed by atoms with Gasteiger partial charge in [0.05, 0.1) is 11.0 Å². The fourth-order valence-electron chi connectivity index (χ4n) is 4.57. The molecule has 0 radical (unpaired) electrons. The van der Waals surface area contributed by atoms with E-state index in [2.05, 4.69) is 0 Å². The highest BCUT2D eigenvalue weighted by atomic mass is 16.6. The first-order valence-corrected chi connectivity index (χ1v) is 9.34. The van der Waals surface area contributed by atoms with Gasteiger partial charge in [-0.1, -0.05) is 13.8 Å². The van der Waals surface area contributed by atoms with Gasteiger partial charge in [-0.15, -0.1) is 0 Å². The summed E-state index contributed by atoms with van der Waals surface area (Å²) in [4.78, 5) is 53.6. The average Bonchev–Trinajstić information content (AvgIpc) is 2.69. The monoisotopic (exact) mass is 388 g/mol. The van der Waals surface area contributed by atoms with Crippen molar-refractivity contribution in [2.45, 2.75) is 39.2 Å². The molecule has 1 spiro atoms. The SMILES string of the molecule is CCCN1c2ccc([N+](=O)[O-])cc2CC2(C(=O)N(C)C(=O)N(C)C2=O)[C@@H]1CC. The first-order chi connectivity index (χ1) is 13.2. The molecule has 2 heterocycles. The van der Waals surface area contributed by atoms with Gasteiger partial charge in [0.1, 0.15) is 0 Å². The van der Waals surface area contributed by atoms with Crippen LogP contribution < -0.4 is 4.90 Å². The molecule has 9 heteroatoms. The summed E-state index contributed by atoms with van der Waals surface area (Å²) in [5.74, 6) is -1.10. The third-order valence-corrected chi connectivity index (χ3v) is 5.80. The molecule has 0 unspecified atom stereocenters. The van der Waals surface area contributed by atoms with Gasteiger partial charge in [-0.05, 0) is 24.5 Å². The van der Waals surface area contributed by atoms with E-state index in [1.165, 1.54) is 26.2 Å². The lowest BCUT2D eigenvalue weighted by molar-refractivity contribution is -0.384. The standard InChI is InChI=1S/C19H24N4O5/c1-5-9-22-14-8-7-13(23(27)28)10-12(14)11-19(15(22)6-2)16(24)20(3)18(26)21(4)17(19)25/h7-8,10,15H,5-6,9,11H2,1-4H3/t15-/m0/s1. The zero-order valence-corrected chi connectivity index (χ0v) is 16.5. The predicted molar refractivity (Wildman–Crippen MR) is 102 cm³/mol. The molecule has 0 saturated carbocycles. The number of nitrogens with zero attached hydrogens (tertiary/aromatic N) is 4. The summed E-state index contributed by atoms with van der Waals surface area (Å²) in [5, 5.41) is 11.3. The van der Waals surface area contributed by atoms with Gasteiger partial charge >= 0.3 is 6.03 Å². The number of benzene rings is 1. The van der Waals surface area contributed by atoms with Gasteiger partial charge in [0.2, 0.25) is 11.8 Å². The van der Waals surface area contributed by atoms with Crippen molar-refractivity contribution in [1.29, 1.82) is 0 Å². The molecule has 4 amide bonds. The van der Waals surface area contributed by atoms with Crippen molar-refractivity contribution in [1.82, 2.24) is 9.80 Å². The number of carbonyl (C=O) groups is 3. The molecule has 1 aromatic rings. The summed E-state index contributed by atoms with van der Waals surface area (Å²) in [7, 11) is 2.74. The van der Waals surface area contributed by atoms with E-state index in [1.54, 1.807) is 6.07 Å². The van der Waals surface area contributed by atoms with Gasteiger partial charge in [-0.2, -0.15) is 0 Å². The highest BCUT2D eigenvalue weighted by molar-refractivity contribution is 6.20. The maximum Gasteiger partial charge on any atom is 0.332 e. The Bertz CT molecular complexity index is 844. The summed E-state index contributed by atoms with van der Waals surface area (Å²) >= 11 is 0. The van der Waals surface area contributed by atoms with Crippen molar-refractivity contribution in [2.24, 2.45) is 5.41 Å². The van der Waals surface area contributed by atoms with Crippen LogP contribution in [0, 0.1) is 15.5 Å². The molecule has 9 nitrogen and oxygen atoms in total. The molecule has 2 aliphatic heterocycles. The second-order valence-electron chi connectivity index (χ2n) is 7.35. The number of amides is 4. The van der Waals surface area contributed by atoms with E-state index in [0.29, 0.717) is 18.5 Å². The van der Waals surface area contributed by atoms with Crippen LogP contribution in [0.5, 0.6) is 0 Å². The molecule has 150 valence electrons. The van der Waals surface area contributed by atoms with Crippen molar-refractivity contribution in [3.8, 4) is 0 Å². The zero-order chi connectivity index (χ0) is 20.8. The van der Waals surface area contributed by atoms with Crippen molar-refractivity contribution in [3.05, 3.63) is 33.9 Å². The lowest BCUT2D eigenvalue weighted by Gasteiger charge is -2.52. The third-order valence-electron chi connectivity index (χ3n) is 5.80. The highest BCUT2D eigenvalue weighted by Crippen LogP contribution is 2.47. The van der Waals surface area contributed by atoms with Crippen molar-refractivity contribution in [3.63, 3.8) is 0 Å². The number of urea groups is 1. The van der Waals surface area contributed by atoms with E-state index >= 15 is 0 Å². The minimum atomic E-state index is -1.48. The average molecular weight is 388 g/mol. The number of nitro benzene ring substituents is 1. The topological polar surface area (TPSA) is 104 Å². The van der Waals surface area contributed by atoms with Crippen LogP contribution in [0.3, 0.4) is 0 Å². The Hall–Kier alpha value is -2.97. The van der Waals surface area contributed by atoms with Crippen molar-refractivity contribution < 1.29 is 19.3 Å². The Balaban J connectivity index is 2.25. The van der Waals surface area contributed by atoms with Crippen LogP contribution in [-0.2, 0) is 16.0 Å². The van der Waals surface area contributed by atoms with Crippen LogP contribution in [-0.4, -0.2) is 59.3 Å². The molecule has 0 aliphatic carbocycles. The number of hydrogen-bond donors (Lipinski definition) is 0. The molecular formula is C19H24N4O5. The number of carbonyl (C=O) groups excluding carboxylic acids is 3. The normalized spacial score (nSPS) is 21.4. The van der Waals surface area contributed by atoms with Crippen LogP contribution in [0.25, 0.3) is 0 Å². The number of non-ortho nitro benzene ring substituents is 1. The van der Waals surface area contributed by atoms with E-state index in [9.17, 15) is 24.5 Å². The second-order valence-corrected chi connectivity index (χ2v) is 7.35. The molecule has 28 heavy (non-hydrogen) atoms. The van der Waals surface area contributed by atoms with Crippen LogP contribution in [0.4, 0.5) is 16.2 Å². The van der Waals surface area contributed by atoms with E-state index in [4.69, 9.17) is 0 Å².